The molecule has 5 aromatic carbocycles. The molecule has 0 amide bonds. The predicted molar refractivity (Wildman–Crippen MR) is 129 cm³/mol. The molecule has 0 aromatic heterocycles. The van der Waals surface area contributed by atoms with Gasteiger partial charge < -0.3 is 14.4 Å². The Morgan fingerprint density at radius 3 is 1.71 bits per heavy atom. The maximum absolute atomic E-state index is 15.3. The highest BCUT2D eigenvalue weighted by atomic mass is 31.2. The number of phenolic OH excluding ortho intramolecular Hbond substituents is 1. The van der Waals surface area contributed by atoms with Crippen LogP contribution in [-0.2, 0) is 4.57 Å². The van der Waals surface area contributed by atoms with Crippen molar-refractivity contribution in [2.24, 2.45) is 0 Å². The molecule has 0 unspecified atom stereocenters. The number of phenols is 1. The Balaban J connectivity index is 1.96. The van der Waals surface area contributed by atoms with Crippen LogP contribution in [0.4, 0.5) is 0 Å². The zero-order valence-corrected chi connectivity index (χ0v) is 17.9. The van der Waals surface area contributed by atoms with Crippen molar-refractivity contribution >= 4 is 44.6 Å². The second-order valence-corrected chi connectivity index (χ2v) is 10.1. The van der Waals surface area contributed by atoms with Gasteiger partial charge in [-0.15, -0.1) is 0 Å². The lowest BCUT2D eigenvalue weighted by Crippen LogP contribution is -2.26. The molecule has 0 aliphatic rings. The Morgan fingerprint density at radius 1 is 0.645 bits per heavy atom. The average Bonchev–Trinajstić information content (AvgIpc) is 2.83. The number of fused-ring (bicyclic) bond motifs is 2. The van der Waals surface area contributed by atoms with Crippen LogP contribution >= 0.6 is 7.14 Å². The lowest BCUT2D eigenvalue weighted by molar-refractivity contribution is 0.413. The molecule has 0 fully saturated rings. The molecule has 152 valence electrons. The first-order chi connectivity index (χ1) is 15.1. The fraction of sp³-hybridized carbons (Fsp3) is 0.0370. The molecule has 0 saturated heterocycles. The van der Waals surface area contributed by atoms with Crippen molar-refractivity contribution in [2.45, 2.75) is 0 Å². The Morgan fingerprint density at radius 2 is 1.16 bits per heavy atom. The number of ether oxygens (including phenoxy) is 1. The normalized spacial score (nSPS) is 11.6. The molecule has 0 aliphatic heterocycles. The summed E-state index contributed by atoms with van der Waals surface area (Å²) in [5.41, 5.74) is 0. The van der Waals surface area contributed by atoms with Gasteiger partial charge >= 0.3 is 0 Å². The number of hydrogen-bond acceptors (Lipinski definition) is 3. The van der Waals surface area contributed by atoms with Crippen molar-refractivity contribution in [1.82, 2.24) is 0 Å². The molecule has 0 radical (unpaired) electrons. The van der Waals surface area contributed by atoms with E-state index in [0.717, 1.165) is 21.5 Å². The lowest BCUT2D eigenvalue weighted by Gasteiger charge is -2.24. The highest BCUT2D eigenvalue weighted by Crippen LogP contribution is 2.48. The van der Waals surface area contributed by atoms with Gasteiger partial charge in [0, 0.05) is 10.6 Å². The smallest absolute Gasteiger partial charge is 0.176 e. The van der Waals surface area contributed by atoms with Crippen molar-refractivity contribution < 1.29 is 14.4 Å². The largest absolute Gasteiger partial charge is 0.507 e. The average molecular weight is 424 g/mol. The molecule has 31 heavy (non-hydrogen) atoms. The molecule has 0 bridgehead atoms. The minimum atomic E-state index is -3.48. The van der Waals surface area contributed by atoms with E-state index in [2.05, 4.69) is 0 Å². The monoisotopic (exact) mass is 424 g/mol. The van der Waals surface area contributed by atoms with E-state index in [-0.39, 0.29) is 5.75 Å². The summed E-state index contributed by atoms with van der Waals surface area (Å²) in [6.45, 7) is 0. The summed E-state index contributed by atoms with van der Waals surface area (Å²) in [5.74, 6) is 0.540. The van der Waals surface area contributed by atoms with Gasteiger partial charge in [0.15, 0.2) is 7.14 Å². The third kappa shape index (κ3) is 3.10. The maximum Gasteiger partial charge on any atom is 0.176 e. The zero-order chi connectivity index (χ0) is 21.4. The van der Waals surface area contributed by atoms with Crippen molar-refractivity contribution in [3.8, 4) is 11.5 Å². The van der Waals surface area contributed by atoms with Crippen molar-refractivity contribution in [3.05, 3.63) is 103 Å². The van der Waals surface area contributed by atoms with E-state index in [1.165, 1.54) is 0 Å². The van der Waals surface area contributed by atoms with Gasteiger partial charge in [0.1, 0.15) is 11.5 Å². The number of methoxy groups -OCH3 is 1. The van der Waals surface area contributed by atoms with Gasteiger partial charge in [0.05, 0.1) is 12.4 Å². The van der Waals surface area contributed by atoms with Crippen LogP contribution < -0.4 is 20.7 Å². The van der Waals surface area contributed by atoms with E-state index < -0.39 is 7.14 Å². The highest BCUT2D eigenvalue weighted by molar-refractivity contribution is 7.86. The molecule has 0 aliphatic carbocycles. The Labute approximate surface area is 180 Å². The predicted octanol–water partition coefficient (Wildman–Crippen LogP) is 5.35. The molecule has 0 heterocycles. The second kappa shape index (κ2) is 7.61. The first-order valence-corrected chi connectivity index (χ1v) is 11.8. The van der Waals surface area contributed by atoms with Crippen molar-refractivity contribution in [1.29, 1.82) is 0 Å². The summed E-state index contributed by atoms with van der Waals surface area (Å²) >= 11 is 0. The fourth-order valence-corrected chi connectivity index (χ4v) is 7.40. The summed E-state index contributed by atoms with van der Waals surface area (Å²) in [6.07, 6.45) is 0. The Bertz CT molecular complexity index is 1380. The van der Waals surface area contributed by atoms with Gasteiger partial charge in [0.25, 0.3) is 0 Å². The van der Waals surface area contributed by atoms with Gasteiger partial charge in [0.2, 0.25) is 0 Å². The minimum Gasteiger partial charge on any atom is -0.507 e. The topological polar surface area (TPSA) is 46.5 Å². The maximum atomic E-state index is 15.3. The van der Waals surface area contributed by atoms with Gasteiger partial charge in [-0.05, 0) is 39.7 Å². The van der Waals surface area contributed by atoms with Crippen LogP contribution in [-0.4, -0.2) is 12.2 Å². The van der Waals surface area contributed by atoms with E-state index >= 15 is 4.57 Å². The first kappa shape index (κ1) is 19.4. The fourth-order valence-electron chi connectivity index (χ4n) is 4.24. The van der Waals surface area contributed by atoms with Gasteiger partial charge in [-0.1, -0.05) is 84.9 Å². The number of rotatable bonds is 4. The van der Waals surface area contributed by atoms with Gasteiger partial charge in [-0.2, -0.15) is 0 Å². The molecular formula is C27H21O3P. The van der Waals surface area contributed by atoms with Crippen LogP contribution in [0.15, 0.2) is 103 Å². The third-order valence-corrected chi connectivity index (χ3v) is 8.91. The van der Waals surface area contributed by atoms with E-state index in [0.29, 0.717) is 21.7 Å². The number of benzene rings is 5. The van der Waals surface area contributed by atoms with Crippen LogP contribution in [0.3, 0.4) is 0 Å². The van der Waals surface area contributed by atoms with Gasteiger partial charge in [-0.25, -0.2) is 0 Å². The molecule has 5 rings (SSSR count). The van der Waals surface area contributed by atoms with E-state index in [1.54, 1.807) is 25.3 Å². The standard InChI is InChI=1S/C27H21O3P/c1-30-21-16-17-24(28)27(18-21)31(29,25-14-6-10-19-8-2-4-12-22(19)25)26-15-7-11-20-9-3-5-13-23(20)26/h2-18,28H,1H3. The zero-order valence-electron chi connectivity index (χ0n) is 17.0. The summed E-state index contributed by atoms with van der Waals surface area (Å²) in [5, 5.41) is 16.5. The van der Waals surface area contributed by atoms with Crippen LogP contribution in [0, 0.1) is 0 Å². The number of hydrogen-bond donors (Lipinski definition) is 1. The van der Waals surface area contributed by atoms with Crippen LogP contribution in [0.1, 0.15) is 0 Å². The summed E-state index contributed by atoms with van der Waals surface area (Å²) in [6, 6.07) is 32.4. The first-order valence-electron chi connectivity index (χ1n) is 10.1. The van der Waals surface area contributed by atoms with Gasteiger partial charge in [-0.3, -0.25) is 0 Å². The van der Waals surface area contributed by atoms with E-state index in [4.69, 9.17) is 4.74 Å². The third-order valence-electron chi connectivity index (χ3n) is 5.73. The molecule has 0 saturated carbocycles. The molecule has 4 heteroatoms. The van der Waals surface area contributed by atoms with Crippen LogP contribution in [0.25, 0.3) is 21.5 Å². The molecule has 1 N–H and O–H groups in total. The molecule has 0 atom stereocenters. The SMILES string of the molecule is COc1ccc(O)c(P(=O)(c2cccc3ccccc23)c2cccc3ccccc23)c1. The molecule has 0 spiro atoms. The summed E-state index contributed by atoms with van der Waals surface area (Å²) < 4.78 is 20.7. The Kier molecular flexibility index (Phi) is 4.77. The Hall–Kier alpha value is -3.55. The summed E-state index contributed by atoms with van der Waals surface area (Å²) in [7, 11) is -1.91. The van der Waals surface area contributed by atoms with E-state index in [9.17, 15) is 5.11 Å². The summed E-state index contributed by atoms with van der Waals surface area (Å²) in [4.78, 5) is 0. The quantitative estimate of drug-likeness (QED) is 0.396. The number of aromatic hydroxyl groups is 1. The lowest BCUT2D eigenvalue weighted by atomic mass is 10.1. The van der Waals surface area contributed by atoms with Crippen LogP contribution in [0.2, 0.25) is 0 Å². The second-order valence-electron chi connectivity index (χ2n) is 7.46. The van der Waals surface area contributed by atoms with Crippen molar-refractivity contribution in [3.63, 3.8) is 0 Å². The minimum absolute atomic E-state index is 0.00926. The highest BCUT2D eigenvalue weighted by Gasteiger charge is 2.35. The van der Waals surface area contributed by atoms with Crippen LogP contribution in [0.5, 0.6) is 11.5 Å². The van der Waals surface area contributed by atoms with E-state index in [1.807, 2.05) is 84.9 Å². The molecular weight excluding hydrogens is 403 g/mol. The molecule has 5 aromatic rings. The molecule has 3 nitrogen and oxygen atoms in total. The van der Waals surface area contributed by atoms with Crippen molar-refractivity contribution in [2.75, 3.05) is 7.11 Å².